The zero-order chi connectivity index (χ0) is 15.6. The maximum atomic E-state index is 5.62. The minimum atomic E-state index is 0.232. The molecule has 0 fully saturated rings. The minimum Gasteiger partial charge on any atom is -0.495 e. The highest BCUT2D eigenvalue weighted by molar-refractivity contribution is 9.11. The fourth-order valence-electron chi connectivity index (χ4n) is 1.65. The summed E-state index contributed by atoms with van der Waals surface area (Å²) in [6.45, 7) is 1.85. The van der Waals surface area contributed by atoms with Crippen LogP contribution in [0, 0.1) is 6.92 Å². The third-order valence-electron chi connectivity index (χ3n) is 2.59. The van der Waals surface area contributed by atoms with Crippen LogP contribution in [0.1, 0.15) is 11.4 Å². The average molecular weight is 432 g/mol. The van der Waals surface area contributed by atoms with Gasteiger partial charge in [-0.25, -0.2) is 9.97 Å². The predicted octanol–water partition coefficient (Wildman–Crippen LogP) is 3.70. The first kappa shape index (κ1) is 16.1. The number of rotatable bonds is 4. The van der Waals surface area contributed by atoms with Gasteiger partial charge in [0.1, 0.15) is 16.4 Å². The number of anilines is 2. The highest BCUT2D eigenvalue weighted by atomic mass is 79.9. The van der Waals surface area contributed by atoms with E-state index in [1.807, 2.05) is 19.1 Å². The largest absolute Gasteiger partial charge is 0.495 e. The molecule has 8 heteroatoms. The summed E-state index contributed by atoms with van der Waals surface area (Å²) in [7, 11) is 1.60. The van der Waals surface area contributed by atoms with E-state index in [0.717, 1.165) is 20.3 Å². The van der Waals surface area contributed by atoms with E-state index in [1.54, 1.807) is 13.2 Å². The summed E-state index contributed by atoms with van der Waals surface area (Å²) in [5.74, 6) is 1.12. The van der Waals surface area contributed by atoms with Crippen molar-refractivity contribution >= 4 is 60.7 Å². The molecule has 0 unspecified atom stereocenters. The molecular weight excluding hydrogens is 420 g/mol. The summed E-state index contributed by atoms with van der Waals surface area (Å²) in [6, 6.07) is 5.45. The monoisotopic (exact) mass is 430 g/mol. The Morgan fingerprint density at radius 2 is 1.95 bits per heavy atom. The number of nitrogens with zero attached hydrogens (tertiary/aromatic N) is 2. The van der Waals surface area contributed by atoms with Crippen LogP contribution < -0.4 is 15.8 Å². The first-order valence-corrected chi connectivity index (χ1v) is 7.85. The molecule has 1 aromatic heterocycles. The van der Waals surface area contributed by atoms with Gasteiger partial charge in [-0.1, -0.05) is 12.2 Å². The van der Waals surface area contributed by atoms with Crippen LogP contribution in [-0.4, -0.2) is 22.1 Å². The Hall–Kier alpha value is -1.25. The van der Waals surface area contributed by atoms with Crippen molar-refractivity contribution in [2.24, 2.45) is 5.73 Å². The quantitative estimate of drug-likeness (QED) is 0.719. The first-order valence-electron chi connectivity index (χ1n) is 5.86. The second-order valence-electron chi connectivity index (χ2n) is 4.17. The molecule has 0 spiro atoms. The number of nitrogens with two attached hydrogens (primary N) is 1. The van der Waals surface area contributed by atoms with Crippen molar-refractivity contribution in [3.05, 3.63) is 38.5 Å². The number of nitrogens with one attached hydrogen (secondary N) is 1. The number of halogens is 2. The lowest BCUT2D eigenvalue weighted by Gasteiger charge is -2.12. The summed E-state index contributed by atoms with van der Waals surface area (Å²) in [6.07, 6.45) is 0. The number of aromatic nitrogens is 2. The molecule has 2 rings (SSSR count). The molecule has 0 atom stereocenters. The van der Waals surface area contributed by atoms with Crippen molar-refractivity contribution in [1.82, 2.24) is 9.97 Å². The number of hydrogen-bond donors (Lipinski definition) is 2. The molecule has 0 saturated heterocycles. The van der Waals surface area contributed by atoms with Crippen LogP contribution in [0.15, 0.2) is 27.1 Å². The standard InChI is InChI=1S/C13H12Br2N4OS/c1-6-3-10(12(16)21)19-13(17-6)18-9-5-11(20-2)8(15)4-7(9)14/h3-5H,1-2H3,(H2,16,21)(H,17,18,19). The van der Waals surface area contributed by atoms with E-state index in [2.05, 4.69) is 47.1 Å². The average Bonchev–Trinajstić information content (AvgIpc) is 2.41. The van der Waals surface area contributed by atoms with Crippen LogP contribution >= 0.6 is 44.1 Å². The molecule has 21 heavy (non-hydrogen) atoms. The summed E-state index contributed by atoms with van der Waals surface area (Å²) in [5.41, 5.74) is 7.69. The molecule has 0 aliphatic rings. The van der Waals surface area contributed by atoms with Gasteiger partial charge in [-0.2, -0.15) is 0 Å². The Balaban J connectivity index is 2.40. The number of aryl methyl sites for hydroxylation is 1. The maximum Gasteiger partial charge on any atom is 0.228 e. The molecule has 5 nitrogen and oxygen atoms in total. The smallest absolute Gasteiger partial charge is 0.228 e. The Bertz CT molecular complexity index is 709. The topological polar surface area (TPSA) is 73.1 Å². The van der Waals surface area contributed by atoms with Crippen molar-refractivity contribution in [3.63, 3.8) is 0 Å². The molecule has 1 aromatic carbocycles. The fourth-order valence-corrected chi connectivity index (χ4v) is 3.01. The summed E-state index contributed by atoms with van der Waals surface area (Å²) in [5, 5.41) is 3.13. The van der Waals surface area contributed by atoms with Crippen molar-refractivity contribution < 1.29 is 4.74 Å². The van der Waals surface area contributed by atoms with Crippen LogP contribution in [0.25, 0.3) is 0 Å². The summed E-state index contributed by atoms with van der Waals surface area (Å²) < 4.78 is 6.96. The molecule has 0 saturated carbocycles. The molecule has 1 heterocycles. The molecule has 110 valence electrons. The van der Waals surface area contributed by atoms with Crippen molar-refractivity contribution in [2.75, 3.05) is 12.4 Å². The SMILES string of the molecule is COc1cc(Nc2nc(C)cc(C(N)=S)n2)c(Br)cc1Br. The third-order valence-corrected chi connectivity index (χ3v) is 4.08. The van der Waals surface area contributed by atoms with Crippen LogP contribution in [-0.2, 0) is 0 Å². The molecule has 2 aromatic rings. The Morgan fingerprint density at radius 1 is 1.24 bits per heavy atom. The van der Waals surface area contributed by atoms with E-state index in [4.69, 9.17) is 22.7 Å². The normalized spacial score (nSPS) is 10.3. The lowest BCUT2D eigenvalue weighted by Crippen LogP contribution is -2.13. The van der Waals surface area contributed by atoms with Gasteiger partial charge in [0, 0.05) is 16.2 Å². The lowest BCUT2D eigenvalue weighted by molar-refractivity contribution is 0.412. The molecule has 0 amide bonds. The second kappa shape index (κ2) is 6.67. The van der Waals surface area contributed by atoms with Crippen LogP contribution in [0.4, 0.5) is 11.6 Å². The number of ether oxygens (including phenoxy) is 1. The van der Waals surface area contributed by atoms with Gasteiger partial charge < -0.3 is 15.8 Å². The van der Waals surface area contributed by atoms with Crippen molar-refractivity contribution in [1.29, 1.82) is 0 Å². The van der Waals surface area contributed by atoms with Crippen molar-refractivity contribution in [2.45, 2.75) is 6.92 Å². The van der Waals surface area contributed by atoms with E-state index in [1.165, 1.54) is 0 Å². The molecule has 0 aliphatic carbocycles. The third kappa shape index (κ3) is 3.90. The minimum absolute atomic E-state index is 0.232. The lowest BCUT2D eigenvalue weighted by atomic mass is 10.3. The van der Waals surface area contributed by atoms with Gasteiger partial charge in [-0.3, -0.25) is 0 Å². The van der Waals surface area contributed by atoms with E-state index >= 15 is 0 Å². The number of thiocarbonyl (C=S) groups is 1. The van der Waals surface area contributed by atoms with E-state index in [9.17, 15) is 0 Å². The van der Waals surface area contributed by atoms with E-state index < -0.39 is 0 Å². The van der Waals surface area contributed by atoms with Crippen molar-refractivity contribution in [3.8, 4) is 5.75 Å². The molecule has 3 N–H and O–H groups in total. The molecule has 0 radical (unpaired) electrons. The van der Waals surface area contributed by atoms with Gasteiger partial charge in [0.15, 0.2) is 0 Å². The van der Waals surface area contributed by atoms with Gasteiger partial charge in [0.05, 0.1) is 17.3 Å². The number of methoxy groups -OCH3 is 1. The van der Waals surface area contributed by atoms with E-state index in [0.29, 0.717) is 17.4 Å². The Kier molecular flexibility index (Phi) is 5.13. The second-order valence-corrected chi connectivity index (χ2v) is 6.32. The Labute approximate surface area is 144 Å². The van der Waals surface area contributed by atoms with E-state index in [-0.39, 0.29) is 4.99 Å². The molecular formula is C13H12Br2N4OS. The number of hydrogen-bond acceptors (Lipinski definition) is 5. The molecule has 0 aliphatic heterocycles. The zero-order valence-corrected chi connectivity index (χ0v) is 15.3. The maximum absolute atomic E-state index is 5.62. The first-order chi connectivity index (χ1) is 9.90. The summed E-state index contributed by atoms with van der Waals surface area (Å²) in [4.78, 5) is 8.84. The van der Waals surface area contributed by atoms with Gasteiger partial charge >= 0.3 is 0 Å². The molecule has 0 bridgehead atoms. The van der Waals surface area contributed by atoms with Gasteiger partial charge in [-0.05, 0) is 50.9 Å². The van der Waals surface area contributed by atoms with Gasteiger partial charge in [0.2, 0.25) is 5.95 Å². The van der Waals surface area contributed by atoms with Crippen LogP contribution in [0.3, 0.4) is 0 Å². The fraction of sp³-hybridized carbons (Fsp3) is 0.154. The summed E-state index contributed by atoms with van der Waals surface area (Å²) >= 11 is 11.9. The van der Waals surface area contributed by atoms with Gasteiger partial charge in [-0.15, -0.1) is 0 Å². The van der Waals surface area contributed by atoms with Crippen LogP contribution in [0.5, 0.6) is 5.75 Å². The predicted molar refractivity (Wildman–Crippen MR) is 94.3 cm³/mol. The Morgan fingerprint density at radius 3 is 2.57 bits per heavy atom. The van der Waals surface area contributed by atoms with Gasteiger partial charge in [0.25, 0.3) is 0 Å². The zero-order valence-electron chi connectivity index (χ0n) is 11.3. The number of benzene rings is 1. The highest BCUT2D eigenvalue weighted by Crippen LogP contribution is 2.35. The highest BCUT2D eigenvalue weighted by Gasteiger charge is 2.10. The van der Waals surface area contributed by atoms with Crippen LogP contribution in [0.2, 0.25) is 0 Å².